The standard InChI is InChI=1S/C12H11Cl3FNO/c1-7-2-3-8-6-9(16)4-5-10(8)17(7)11(18)12(13,14)15/h4-7H,2-3H2,1H3/t7-/m1/s1. The summed E-state index contributed by atoms with van der Waals surface area (Å²) in [5.74, 6) is -0.933. The number of fused-ring (bicyclic) bond motifs is 1. The lowest BCUT2D eigenvalue weighted by Gasteiger charge is -2.36. The first-order chi connectivity index (χ1) is 8.30. The molecule has 18 heavy (non-hydrogen) atoms. The summed E-state index contributed by atoms with van der Waals surface area (Å²) in [5.41, 5.74) is 1.38. The molecule has 1 amide bonds. The van der Waals surface area contributed by atoms with Crippen LogP contribution in [0.3, 0.4) is 0 Å². The minimum atomic E-state index is -2.00. The van der Waals surface area contributed by atoms with Gasteiger partial charge in [-0.15, -0.1) is 0 Å². The third-order valence-corrected chi connectivity index (χ3v) is 3.52. The van der Waals surface area contributed by atoms with Gasteiger partial charge in [0, 0.05) is 11.7 Å². The number of nitrogens with zero attached hydrogens (tertiary/aromatic N) is 1. The van der Waals surface area contributed by atoms with Crippen molar-refractivity contribution in [2.75, 3.05) is 4.90 Å². The van der Waals surface area contributed by atoms with Crippen molar-refractivity contribution in [1.29, 1.82) is 0 Å². The van der Waals surface area contributed by atoms with E-state index in [1.165, 1.54) is 17.0 Å². The second-order valence-corrected chi connectivity index (χ2v) is 6.61. The topological polar surface area (TPSA) is 20.3 Å². The third kappa shape index (κ3) is 2.58. The maximum atomic E-state index is 13.2. The molecule has 6 heteroatoms. The van der Waals surface area contributed by atoms with Gasteiger partial charge in [0.2, 0.25) is 0 Å². The molecule has 0 saturated carbocycles. The zero-order valence-corrected chi connectivity index (χ0v) is 11.9. The molecule has 0 unspecified atom stereocenters. The van der Waals surface area contributed by atoms with Crippen LogP contribution in [-0.2, 0) is 11.2 Å². The fourth-order valence-corrected chi connectivity index (χ4v) is 2.44. The molecule has 0 bridgehead atoms. The maximum Gasteiger partial charge on any atom is 0.279 e. The summed E-state index contributed by atoms with van der Waals surface area (Å²) in [7, 11) is 0. The van der Waals surface area contributed by atoms with Gasteiger partial charge in [0.15, 0.2) is 0 Å². The molecule has 2 rings (SSSR count). The van der Waals surface area contributed by atoms with Crippen LogP contribution in [0.2, 0.25) is 0 Å². The van der Waals surface area contributed by atoms with Gasteiger partial charge in [-0.3, -0.25) is 4.79 Å². The summed E-state index contributed by atoms with van der Waals surface area (Å²) in [6, 6.07) is 4.19. The molecule has 2 nitrogen and oxygen atoms in total. The first kappa shape index (κ1) is 13.9. The molecule has 0 radical (unpaired) electrons. The quantitative estimate of drug-likeness (QED) is 0.666. The summed E-state index contributed by atoms with van der Waals surface area (Å²) >= 11 is 16.9. The van der Waals surface area contributed by atoms with Gasteiger partial charge >= 0.3 is 0 Å². The SMILES string of the molecule is C[C@@H]1CCc2cc(F)ccc2N1C(=O)C(Cl)(Cl)Cl. The summed E-state index contributed by atoms with van der Waals surface area (Å²) in [5, 5.41) is 0. The van der Waals surface area contributed by atoms with Gasteiger partial charge in [0.25, 0.3) is 9.70 Å². The number of anilines is 1. The Morgan fingerprint density at radius 3 is 2.72 bits per heavy atom. The van der Waals surface area contributed by atoms with E-state index in [0.717, 1.165) is 5.56 Å². The van der Waals surface area contributed by atoms with Crippen molar-refractivity contribution >= 4 is 46.4 Å². The Hall–Kier alpha value is -0.510. The number of amides is 1. The van der Waals surface area contributed by atoms with Crippen molar-refractivity contribution in [2.24, 2.45) is 0 Å². The fraction of sp³-hybridized carbons (Fsp3) is 0.417. The van der Waals surface area contributed by atoms with E-state index < -0.39 is 9.70 Å². The minimum Gasteiger partial charge on any atom is -0.306 e. The molecule has 1 heterocycles. The van der Waals surface area contributed by atoms with Crippen molar-refractivity contribution in [2.45, 2.75) is 29.6 Å². The van der Waals surface area contributed by atoms with Crippen LogP contribution in [0, 0.1) is 5.82 Å². The molecule has 1 aromatic rings. The van der Waals surface area contributed by atoms with E-state index >= 15 is 0 Å². The molecule has 98 valence electrons. The smallest absolute Gasteiger partial charge is 0.279 e. The summed E-state index contributed by atoms with van der Waals surface area (Å²) in [6.45, 7) is 1.88. The number of carbonyl (C=O) groups is 1. The Labute approximate surface area is 120 Å². The molecule has 0 aliphatic carbocycles. The second-order valence-electron chi connectivity index (χ2n) is 4.33. The van der Waals surface area contributed by atoms with Crippen molar-refractivity contribution < 1.29 is 9.18 Å². The van der Waals surface area contributed by atoms with Gasteiger partial charge < -0.3 is 4.90 Å². The lowest BCUT2D eigenvalue weighted by molar-refractivity contribution is -0.118. The number of carbonyl (C=O) groups excluding carboxylic acids is 1. The number of alkyl halides is 3. The van der Waals surface area contributed by atoms with Crippen LogP contribution in [0.1, 0.15) is 18.9 Å². The molecule has 0 saturated heterocycles. The van der Waals surface area contributed by atoms with E-state index in [2.05, 4.69) is 0 Å². The molecule has 1 aliphatic rings. The first-order valence-electron chi connectivity index (χ1n) is 5.49. The highest BCUT2D eigenvalue weighted by atomic mass is 35.6. The van der Waals surface area contributed by atoms with Crippen molar-refractivity contribution in [1.82, 2.24) is 0 Å². The van der Waals surface area contributed by atoms with Gasteiger partial charge in [-0.05, 0) is 43.5 Å². The largest absolute Gasteiger partial charge is 0.306 e. The highest BCUT2D eigenvalue weighted by Gasteiger charge is 2.40. The highest BCUT2D eigenvalue weighted by Crippen LogP contribution is 2.37. The molecule has 1 aromatic carbocycles. The van der Waals surface area contributed by atoms with Crippen molar-refractivity contribution in [3.8, 4) is 0 Å². The number of halogens is 4. The Morgan fingerprint density at radius 1 is 1.44 bits per heavy atom. The summed E-state index contributed by atoms with van der Waals surface area (Å²) < 4.78 is 11.2. The van der Waals surface area contributed by atoms with Crippen molar-refractivity contribution in [3.05, 3.63) is 29.6 Å². The van der Waals surface area contributed by atoms with E-state index in [4.69, 9.17) is 34.8 Å². The Morgan fingerprint density at radius 2 is 2.11 bits per heavy atom. The lowest BCUT2D eigenvalue weighted by atomic mass is 9.96. The average molecular weight is 311 g/mol. The summed E-state index contributed by atoms with van der Waals surface area (Å²) in [6.07, 6.45) is 1.42. The molecular formula is C12H11Cl3FNO. The fourth-order valence-electron chi connectivity index (χ4n) is 2.17. The van der Waals surface area contributed by atoms with Crippen LogP contribution in [0.25, 0.3) is 0 Å². The van der Waals surface area contributed by atoms with Gasteiger partial charge in [0.05, 0.1) is 0 Å². The highest BCUT2D eigenvalue weighted by molar-refractivity contribution is 6.77. The zero-order chi connectivity index (χ0) is 13.5. The Bertz CT molecular complexity index is 487. The third-order valence-electron chi connectivity index (χ3n) is 3.03. The summed E-state index contributed by atoms with van der Waals surface area (Å²) in [4.78, 5) is 13.5. The van der Waals surface area contributed by atoms with Gasteiger partial charge in [0.1, 0.15) is 5.82 Å². The minimum absolute atomic E-state index is 0.0777. The molecule has 0 spiro atoms. The van der Waals surface area contributed by atoms with Crippen LogP contribution in [0.4, 0.5) is 10.1 Å². The van der Waals surface area contributed by atoms with Crippen LogP contribution >= 0.6 is 34.8 Å². The predicted molar refractivity (Wildman–Crippen MR) is 72.0 cm³/mol. The monoisotopic (exact) mass is 309 g/mol. The molecule has 1 aliphatic heterocycles. The van der Waals surface area contributed by atoms with E-state index in [9.17, 15) is 9.18 Å². The predicted octanol–water partition coefficient (Wildman–Crippen LogP) is 3.86. The van der Waals surface area contributed by atoms with Crippen LogP contribution in [-0.4, -0.2) is 15.7 Å². The molecule has 0 N–H and O–H groups in total. The first-order valence-corrected chi connectivity index (χ1v) is 6.63. The molecule has 0 fully saturated rings. The Kier molecular flexibility index (Phi) is 3.77. The van der Waals surface area contributed by atoms with Gasteiger partial charge in [-0.25, -0.2) is 4.39 Å². The van der Waals surface area contributed by atoms with E-state index in [1.54, 1.807) is 6.07 Å². The van der Waals surface area contributed by atoms with Crippen LogP contribution in [0.15, 0.2) is 18.2 Å². The number of hydrogen-bond donors (Lipinski definition) is 0. The maximum absolute atomic E-state index is 13.2. The second kappa shape index (κ2) is 4.87. The molecular weight excluding hydrogens is 299 g/mol. The number of benzene rings is 1. The average Bonchev–Trinajstić information content (AvgIpc) is 2.27. The number of rotatable bonds is 0. The van der Waals surface area contributed by atoms with E-state index in [-0.39, 0.29) is 11.9 Å². The molecule has 0 aromatic heterocycles. The number of hydrogen-bond acceptors (Lipinski definition) is 1. The van der Waals surface area contributed by atoms with Crippen LogP contribution in [0.5, 0.6) is 0 Å². The van der Waals surface area contributed by atoms with Gasteiger partial charge in [-0.1, -0.05) is 34.8 Å². The normalized spacial score (nSPS) is 19.6. The van der Waals surface area contributed by atoms with Crippen molar-refractivity contribution in [3.63, 3.8) is 0 Å². The Balaban J connectivity index is 2.46. The zero-order valence-electron chi connectivity index (χ0n) is 9.59. The van der Waals surface area contributed by atoms with Gasteiger partial charge in [-0.2, -0.15) is 0 Å². The van der Waals surface area contributed by atoms with E-state index in [1.807, 2.05) is 6.92 Å². The van der Waals surface area contributed by atoms with E-state index in [0.29, 0.717) is 18.5 Å². The lowest BCUT2D eigenvalue weighted by Crippen LogP contribution is -2.47. The van der Waals surface area contributed by atoms with Crippen LogP contribution < -0.4 is 4.90 Å². The molecule has 1 atom stereocenters. The number of aryl methyl sites for hydroxylation is 1.